The van der Waals surface area contributed by atoms with Gasteiger partial charge in [0.25, 0.3) is 11.7 Å². The van der Waals surface area contributed by atoms with Crippen molar-refractivity contribution in [3.8, 4) is 0 Å². The van der Waals surface area contributed by atoms with E-state index in [-0.39, 0.29) is 17.8 Å². The number of rotatable bonds is 6. The molecule has 2 aromatic heterocycles. The lowest BCUT2D eigenvalue weighted by molar-refractivity contribution is 0.0927. The molecule has 0 aromatic carbocycles. The molecule has 1 atom stereocenters. The van der Waals surface area contributed by atoms with Crippen molar-refractivity contribution in [1.29, 1.82) is 0 Å². The lowest BCUT2D eigenvalue weighted by atomic mass is 10.1. The zero-order valence-corrected chi connectivity index (χ0v) is 13.2. The zero-order valence-electron chi connectivity index (χ0n) is 13.2. The van der Waals surface area contributed by atoms with Crippen LogP contribution in [0, 0.1) is 13.8 Å². The van der Waals surface area contributed by atoms with Gasteiger partial charge >= 0.3 is 0 Å². The summed E-state index contributed by atoms with van der Waals surface area (Å²) in [5.74, 6) is 0.413. The number of nitrogens with one attached hydrogen (secondary N) is 1. The number of hydrogen-bond acceptors (Lipinski definition) is 4. The van der Waals surface area contributed by atoms with Crippen molar-refractivity contribution in [3.63, 3.8) is 0 Å². The second-order valence-electron chi connectivity index (χ2n) is 5.56. The van der Waals surface area contributed by atoms with Crippen LogP contribution in [0.1, 0.15) is 61.5 Å². The molecule has 2 heterocycles. The fraction of sp³-hybridized carbons (Fsp3) is 0.600. The van der Waals surface area contributed by atoms with Gasteiger partial charge in [0.15, 0.2) is 0 Å². The molecule has 0 aliphatic carbocycles. The summed E-state index contributed by atoms with van der Waals surface area (Å²) in [5, 5.41) is 7.18. The van der Waals surface area contributed by atoms with Crippen LogP contribution in [-0.2, 0) is 0 Å². The largest absolute Gasteiger partial charge is 0.347 e. The molecule has 6 nitrogen and oxygen atoms in total. The van der Waals surface area contributed by atoms with Crippen molar-refractivity contribution < 1.29 is 4.79 Å². The smallest absolute Gasteiger partial charge is 0.291 e. The van der Waals surface area contributed by atoms with E-state index in [1.54, 1.807) is 4.52 Å². The van der Waals surface area contributed by atoms with Crippen LogP contribution in [-0.4, -0.2) is 31.5 Å². The number of aryl methyl sites for hydroxylation is 2. The Labute approximate surface area is 125 Å². The fourth-order valence-electron chi connectivity index (χ4n) is 2.32. The predicted octanol–water partition coefficient (Wildman–Crippen LogP) is 2.44. The second-order valence-corrected chi connectivity index (χ2v) is 5.56. The third-order valence-corrected chi connectivity index (χ3v) is 3.44. The van der Waals surface area contributed by atoms with Crippen molar-refractivity contribution in [2.75, 3.05) is 0 Å². The van der Waals surface area contributed by atoms with Crippen LogP contribution < -0.4 is 5.32 Å². The van der Waals surface area contributed by atoms with Gasteiger partial charge in [-0.2, -0.15) is 4.98 Å². The molecule has 0 fully saturated rings. The molecule has 2 rings (SSSR count). The molecule has 0 bridgehead atoms. The van der Waals surface area contributed by atoms with Crippen LogP contribution in [0.5, 0.6) is 0 Å². The molecular formula is C15H23N5O. The SMILES string of the molecule is CCCCCC(C)NC(=O)c1nc2nc(C)cc(C)n2n1. The van der Waals surface area contributed by atoms with Gasteiger partial charge in [0.05, 0.1) is 0 Å². The normalized spacial score (nSPS) is 12.6. The number of aromatic nitrogens is 4. The third kappa shape index (κ3) is 3.77. The summed E-state index contributed by atoms with van der Waals surface area (Å²) in [6.07, 6.45) is 4.47. The summed E-state index contributed by atoms with van der Waals surface area (Å²) in [6, 6.07) is 2.04. The molecule has 1 unspecified atom stereocenters. The summed E-state index contributed by atoms with van der Waals surface area (Å²) in [6.45, 7) is 8.00. The van der Waals surface area contributed by atoms with E-state index in [2.05, 4.69) is 27.3 Å². The van der Waals surface area contributed by atoms with Crippen molar-refractivity contribution in [2.45, 2.75) is 59.4 Å². The van der Waals surface area contributed by atoms with E-state index < -0.39 is 0 Å². The molecule has 1 amide bonds. The van der Waals surface area contributed by atoms with Gasteiger partial charge in [0.1, 0.15) is 0 Å². The predicted molar refractivity (Wildman–Crippen MR) is 81.3 cm³/mol. The molecule has 1 N–H and O–H groups in total. The van der Waals surface area contributed by atoms with Crippen molar-refractivity contribution in [2.24, 2.45) is 0 Å². The zero-order chi connectivity index (χ0) is 15.4. The first-order valence-electron chi connectivity index (χ1n) is 7.53. The standard InChI is InChI=1S/C15H23N5O/c1-5-6-7-8-10(2)16-14(21)13-18-15-17-11(3)9-12(4)20(15)19-13/h9-10H,5-8H2,1-4H3,(H,16,21). The lowest BCUT2D eigenvalue weighted by Crippen LogP contribution is -2.33. The molecule has 21 heavy (non-hydrogen) atoms. The highest BCUT2D eigenvalue weighted by Crippen LogP contribution is 2.07. The van der Waals surface area contributed by atoms with Crippen molar-refractivity contribution in [3.05, 3.63) is 23.3 Å². The quantitative estimate of drug-likeness (QED) is 0.829. The van der Waals surface area contributed by atoms with Gasteiger partial charge < -0.3 is 5.32 Å². The van der Waals surface area contributed by atoms with Crippen LogP contribution in [0.3, 0.4) is 0 Å². The first-order valence-corrected chi connectivity index (χ1v) is 7.53. The molecule has 6 heteroatoms. The van der Waals surface area contributed by atoms with Crippen LogP contribution in [0.4, 0.5) is 0 Å². The highest BCUT2D eigenvalue weighted by Gasteiger charge is 2.16. The van der Waals surface area contributed by atoms with Gasteiger partial charge in [-0.1, -0.05) is 26.2 Å². The summed E-state index contributed by atoms with van der Waals surface area (Å²) >= 11 is 0. The summed E-state index contributed by atoms with van der Waals surface area (Å²) in [5.41, 5.74) is 1.78. The van der Waals surface area contributed by atoms with Crippen LogP contribution in [0.15, 0.2) is 6.07 Å². The van der Waals surface area contributed by atoms with E-state index in [0.717, 1.165) is 24.2 Å². The maximum atomic E-state index is 12.2. The molecular weight excluding hydrogens is 266 g/mol. The van der Waals surface area contributed by atoms with Gasteiger partial charge in [-0.15, -0.1) is 5.10 Å². The first-order chi connectivity index (χ1) is 10.0. The molecule has 0 saturated heterocycles. The molecule has 0 saturated carbocycles. The number of amides is 1. The van der Waals surface area contributed by atoms with E-state index in [1.165, 1.54) is 12.8 Å². The fourth-order valence-corrected chi connectivity index (χ4v) is 2.32. The van der Waals surface area contributed by atoms with Gasteiger partial charge in [0, 0.05) is 17.4 Å². The first kappa shape index (κ1) is 15.4. The Morgan fingerprint density at radius 3 is 2.81 bits per heavy atom. The Morgan fingerprint density at radius 2 is 2.10 bits per heavy atom. The minimum atomic E-state index is -0.235. The van der Waals surface area contributed by atoms with Crippen molar-refractivity contribution in [1.82, 2.24) is 24.9 Å². The Balaban J connectivity index is 2.07. The monoisotopic (exact) mass is 289 g/mol. The summed E-state index contributed by atoms with van der Waals surface area (Å²) in [4.78, 5) is 20.7. The number of hydrogen-bond donors (Lipinski definition) is 1. The summed E-state index contributed by atoms with van der Waals surface area (Å²) < 4.78 is 1.60. The second kappa shape index (κ2) is 6.65. The van der Waals surface area contributed by atoms with E-state index in [4.69, 9.17) is 0 Å². The molecule has 114 valence electrons. The molecule has 0 aliphatic heterocycles. The Morgan fingerprint density at radius 1 is 1.33 bits per heavy atom. The Bertz CT molecular complexity index is 634. The van der Waals surface area contributed by atoms with Crippen LogP contribution in [0.2, 0.25) is 0 Å². The number of carbonyl (C=O) groups is 1. The summed E-state index contributed by atoms with van der Waals surface area (Å²) in [7, 11) is 0. The highest BCUT2D eigenvalue weighted by molar-refractivity contribution is 5.91. The number of unbranched alkanes of at least 4 members (excludes halogenated alkanes) is 2. The number of fused-ring (bicyclic) bond motifs is 1. The number of nitrogens with zero attached hydrogens (tertiary/aromatic N) is 4. The molecule has 0 spiro atoms. The van der Waals surface area contributed by atoms with Gasteiger partial charge in [-0.25, -0.2) is 9.50 Å². The van der Waals surface area contributed by atoms with E-state index in [0.29, 0.717) is 5.78 Å². The van der Waals surface area contributed by atoms with E-state index in [1.807, 2.05) is 26.8 Å². The molecule has 2 aromatic rings. The average molecular weight is 289 g/mol. The minimum absolute atomic E-state index is 0.131. The van der Waals surface area contributed by atoms with Gasteiger partial charge in [0.2, 0.25) is 5.82 Å². The lowest BCUT2D eigenvalue weighted by Gasteiger charge is -2.11. The molecule has 0 aliphatic rings. The van der Waals surface area contributed by atoms with Crippen molar-refractivity contribution >= 4 is 11.7 Å². The minimum Gasteiger partial charge on any atom is -0.347 e. The van der Waals surface area contributed by atoms with E-state index in [9.17, 15) is 4.79 Å². The maximum Gasteiger partial charge on any atom is 0.291 e. The van der Waals surface area contributed by atoms with Crippen LogP contribution in [0.25, 0.3) is 5.78 Å². The van der Waals surface area contributed by atoms with E-state index >= 15 is 0 Å². The number of carbonyl (C=O) groups excluding carboxylic acids is 1. The highest BCUT2D eigenvalue weighted by atomic mass is 16.2. The topological polar surface area (TPSA) is 72.2 Å². The third-order valence-electron chi connectivity index (χ3n) is 3.44. The maximum absolute atomic E-state index is 12.2. The van der Waals surface area contributed by atoms with Crippen LogP contribution >= 0.6 is 0 Å². The van der Waals surface area contributed by atoms with Gasteiger partial charge in [-0.05, 0) is 33.3 Å². The Hall–Kier alpha value is -1.98. The van der Waals surface area contributed by atoms with Gasteiger partial charge in [-0.3, -0.25) is 4.79 Å². The molecule has 0 radical (unpaired) electrons. The average Bonchev–Trinajstić information content (AvgIpc) is 2.83. The Kier molecular flexibility index (Phi) is 4.88.